The molecule has 0 saturated carbocycles. The third-order valence-electron chi connectivity index (χ3n) is 4.90. The number of nitrogens with two attached hydrogens (primary N) is 1. The van der Waals surface area contributed by atoms with Gasteiger partial charge in [-0.2, -0.15) is 0 Å². The largest absolute Gasteiger partial charge is 0.351 e. The summed E-state index contributed by atoms with van der Waals surface area (Å²) in [5.74, 6) is -0.827. The molecule has 0 aliphatic carbocycles. The molecule has 0 fully saturated rings. The third kappa shape index (κ3) is 5.01. The first-order valence-electron chi connectivity index (χ1n) is 9.94. The molecule has 1 unspecified atom stereocenters. The van der Waals surface area contributed by atoms with Crippen molar-refractivity contribution in [2.45, 2.75) is 26.3 Å². The summed E-state index contributed by atoms with van der Waals surface area (Å²) < 4.78 is 0. The van der Waals surface area contributed by atoms with Crippen LogP contribution in [0.3, 0.4) is 0 Å². The number of rotatable bonds is 6. The predicted molar refractivity (Wildman–Crippen MR) is 123 cm³/mol. The second kappa shape index (κ2) is 9.68. The van der Waals surface area contributed by atoms with Gasteiger partial charge in [-0.3, -0.25) is 19.3 Å². The van der Waals surface area contributed by atoms with Gasteiger partial charge in [0, 0.05) is 24.2 Å². The highest BCUT2D eigenvalue weighted by atomic mass is 35.5. The maximum absolute atomic E-state index is 13.5. The number of amides is 3. The molecule has 9 heteroatoms. The summed E-state index contributed by atoms with van der Waals surface area (Å²) in [4.78, 5) is 40.2. The van der Waals surface area contributed by atoms with E-state index in [0.29, 0.717) is 47.0 Å². The summed E-state index contributed by atoms with van der Waals surface area (Å²) >= 11 is 12.1. The summed E-state index contributed by atoms with van der Waals surface area (Å²) in [7, 11) is 0. The van der Waals surface area contributed by atoms with Gasteiger partial charge in [0.05, 0.1) is 21.4 Å². The summed E-state index contributed by atoms with van der Waals surface area (Å²) in [6.45, 7) is 4.61. The molecule has 1 heterocycles. The molecular formula is C22H24Cl2N4O3. The van der Waals surface area contributed by atoms with Crippen LogP contribution >= 0.6 is 23.2 Å². The van der Waals surface area contributed by atoms with Crippen molar-refractivity contribution in [3.8, 4) is 0 Å². The number of benzene rings is 2. The van der Waals surface area contributed by atoms with Gasteiger partial charge in [0.1, 0.15) is 6.04 Å². The molecule has 0 aromatic heterocycles. The number of hydrogen-bond donors (Lipinski definition) is 3. The van der Waals surface area contributed by atoms with Crippen molar-refractivity contribution in [1.82, 2.24) is 5.32 Å². The normalized spacial score (nSPS) is 15.5. The van der Waals surface area contributed by atoms with Crippen LogP contribution in [0.5, 0.6) is 0 Å². The zero-order chi connectivity index (χ0) is 22.7. The molecular weight excluding hydrogens is 439 g/mol. The molecule has 164 valence electrons. The average Bonchev–Trinajstić information content (AvgIpc) is 2.73. The smallest absolute Gasteiger partial charge is 0.259 e. The van der Waals surface area contributed by atoms with E-state index in [1.54, 1.807) is 30.3 Å². The van der Waals surface area contributed by atoms with Gasteiger partial charge in [-0.1, -0.05) is 37.0 Å². The Balaban J connectivity index is 2.05. The minimum Gasteiger partial charge on any atom is -0.351 e. The quantitative estimate of drug-likeness (QED) is 0.608. The van der Waals surface area contributed by atoms with E-state index in [-0.39, 0.29) is 28.7 Å². The summed E-state index contributed by atoms with van der Waals surface area (Å²) in [6, 6.07) is 8.73. The minimum atomic E-state index is -0.702. The molecule has 4 N–H and O–H groups in total. The molecule has 3 amide bonds. The highest BCUT2D eigenvalue weighted by molar-refractivity contribution is 6.42. The standard InChI is InChI=1S/C22H24Cl2N4O3/c1-12(2)9-19-21(30)27-17-11-13(20(29)26-8-7-25)4-6-18(17)28(19)22(31)14-3-5-15(23)16(24)10-14/h3-6,10-12,19H,7-9,25H2,1-2H3,(H,26,29)(H,27,30). The van der Waals surface area contributed by atoms with Crippen LogP contribution in [0.25, 0.3) is 0 Å². The molecule has 0 bridgehead atoms. The molecule has 0 saturated heterocycles. The Morgan fingerprint density at radius 1 is 1.13 bits per heavy atom. The Labute approximate surface area is 190 Å². The molecule has 0 radical (unpaired) electrons. The fourth-order valence-corrected chi connectivity index (χ4v) is 3.75. The van der Waals surface area contributed by atoms with E-state index >= 15 is 0 Å². The van der Waals surface area contributed by atoms with E-state index in [4.69, 9.17) is 28.9 Å². The van der Waals surface area contributed by atoms with Crippen LogP contribution in [0.1, 0.15) is 41.0 Å². The monoisotopic (exact) mass is 462 g/mol. The van der Waals surface area contributed by atoms with Crippen LogP contribution < -0.4 is 21.3 Å². The summed E-state index contributed by atoms with van der Waals surface area (Å²) in [5.41, 5.74) is 7.00. The Bertz CT molecular complexity index is 1030. The Morgan fingerprint density at radius 3 is 2.48 bits per heavy atom. The van der Waals surface area contributed by atoms with Crippen molar-refractivity contribution in [2.24, 2.45) is 11.7 Å². The van der Waals surface area contributed by atoms with E-state index in [2.05, 4.69) is 10.6 Å². The molecule has 2 aromatic rings. The van der Waals surface area contributed by atoms with Crippen LogP contribution in [0.15, 0.2) is 36.4 Å². The lowest BCUT2D eigenvalue weighted by Gasteiger charge is -2.37. The lowest BCUT2D eigenvalue weighted by atomic mass is 9.96. The third-order valence-corrected chi connectivity index (χ3v) is 5.64. The molecule has 2 aromatic carbocycles. The molecule has 31 heavy (non-hydrogen) atoms. The zero-order valence-electron chi connectivity index (χ0n) is 17.2. The number of carbonyl (C=O) groups excluding carboxylic acids is 3. The number of hydrogen-bond acceptors (Lipinski definition) is 4. The fourth-order valence-electron chi connectivity index (χ4n) is 3.45. The van der Waals surface area contributed by atoms with Gasteiger partial charge in [-0.05, 0) is 48.7 Å². The van der Waals surface area contributed by atoms with Crippen LogP contribution in [-0.4, -0.2) is 36.9 Å². The second-order valence-corrected chi connectivity index (χ2v) is 8.53. The topological polar surface area (TPSA) is 105 Å². The first-order chi connectivity index (χ1) is 14.7. The van der Waals surface area contributed by atoms with Crippen molar-refractivity contribution in [1.29, 1.82) is 0 Å². The Morgan fingerprint density at radius 2 is 1.84 bits per heavy atom. The van der Waals surface area contributed by atoms with Gasteiger partial charge in [0.15, 0.2) is 0 Å². The molecule has 7 nitrogen and oxygen atoms in total. The Kier molecular flexibility index (Phi) is 7.20. The van der Waals surface area contributed by atoms with Crippen LogP contribution in [-0.2, 0) is 4.79 Å². The first kappa shape index (κ1) is 23.1. The van der Waals surface area contributed by atoms with Crippen molar-refractivity contribution < 1.29 is 14.4 Å². The minimum absolute atomic E-state index is 0.169. The number of halogens is 2. The predicted octanol–water partition coefficient (Wildman–Crippen LogP) is 3.70. The Hall–Kier alpha value is -2.61. The van der Waals surface area contributed by atoms with Crippen molar-refractivity contribution in [3.63, 3.8) is 0 Å². The fraction of sp³-hybridized carbons (Fsp3) is 0.318. The lowest BCUT2D eigenvalue weighted by Crippen LogP contribution is -2.51. The number of carbonyl (C=O) groups is 3. The van der Waals surface area contributed by atoms with Crippen molar-refractivity contribution in [2.75, 3.05) is 23.3 Å². The summed E-state index contributed by atoms with van der Waals surface area (Å²) in [6.07, 6.45) is 0.469. The number of anilines is 2. The highest BCUT2D eigenvalue weighted by Crippen LogP contribution is 2.36. The van der Waals surface area contributed by atoms with E-state index in [1.807, 2.05) is 13.8 Å². The highest BCUT2D eigenvalue weighted by Gasteiger charge is 2.38. The van der Waals surface area contributed by atoms with Gasteiger partial charge >= 0.3 is 0 Å². The number of nitrogens with zero attached hydrogens (tertiary/aromatic N) is 1. The van der Waals surface area contributed by atoms with E-state index in [1.165, 1.54) is 11.0 Å². The molecule has 1 aliphatic rings. The van der Waals surface area contributed by atoms with Crippen molar-refractivity contribution >= 4 is 52.3 Å². The number of fused-ring (bicyclic) bond motifs is 1. The van der Waals surface area contributed by atoms with Gasteiger partial charge in [-0.15, -0.1) is 0 Å². The zero-order valence-corrected chi connectivity index (χ0v) is 18.8. The summed E-state index contributed by atoms with van der Waals surface area (Å²) in [5, 5.41) is 6.11. The molecule has 1 aliphatic heterocycles. The van der Waals surface area contributed by atoms with Crippen molar-refractivity contribution in [3.05, 3.63) is 57.6 Å². The maximum atomic E-state index is 13.5. The molecule has 0 spiro atoms. The SMILES string of the molecule is CC(C)CC1C(=O)Nc2cc(C(=O)NCCN)ccc2N1C(=O)c1ccc(Cl)c(Cl)c1. The average molecular weight is 463 g/mol. The first-order valence-corrected chi connectivity index (χ1v) is 10.7. The van der Waals surface area contributed by atoms with Gasteiger partial charge in [0.2, 0.25) is 5.91 Å². The van der Waals surface area contributed by atoms with Gasteiger partial charge in [0.25, 0.3) is 11.8 Å². The van der Waals surface area contributed by atoms with Gasteiger partial charge in [-0.25, -0.2) is 0 Å². The maximum Gasteiger partial charge on any atom is 0.259 e. The molecule has 3 rings (SSSR count). The number of nitrogens with one attached hydrogen (secondary N) is 2. The van der Waals surface area contributed by atoms with E-state index in [9.17, 15) is 14.4 Å². The molecule has 1 atom stereocenters. The second-order valence-electron chi connectivity index (χ2n) is 7.72. The van der Waals surface area contributed by atoms with E-state index in [0.717, 1.165) is 0 Å². The van der Waals surface area contributed by atoms with Gasteiger partial charge < -0.3 is 16.4 Å². The van der Waals surface area contributed by atoms with Crippen LogP contribution in [0, 0.1) is 5.92 Å². The van der Waals surface area contributed by atoms with E-state index < -0.39 is 6.04 Å². The lowest BCUT2D eigenvalue weighted by molar-refractivity contribution is -0.117. The van der Waals surface area contributed by atoms with Crippen LogP contribution in [0.4, 0.5) is 11.4 Å². The van der Waals surface area contributed by atoms with Crippen LogP contribution in [0.2, 0.25) is 10.0 Å².